The minimum absolute atomic E-state index is 0.00266. The van der Waals surface area contributed by atoms with Crippen LogP contribution >= 0.6 is 15.9 Å². The van der Waals surface area contributed by atoms with Crippen molar-refractivity contribution in [3.05, 3.63) is 58.3 Å². The van der Waals surface area contributed by atoms with Gasteiger partial charge in [0, 0.05) is 27.6 Å². The minimum atomic E-state index is 0.00266. The highest BCUT2D eigenvalue weighted by Crippen LogP contribution is 2.21. The first-order valence-corrected chi connectivity index (χ1v) is 5.94. The van der Waals surface area contributed by atoms with Gasteiger partial charge in [0.2, 0.25) is 0 Å². The van der Waals surface area contributed by atoms with E-state index in [1.165, 1.54) is 0 Å². The van der Waals surface area contributed by atoms with E-state index < -0.39 is 0 Å². The Morgan fingerprint density at radius 1 is 1.29 bits per heavy atom. The van der Waals surface area contributed by atoms with Gasteiger partial charge in [0.05, 0.1) is 6.42 Å². The molecule has 4 heteroatoms. The van der Waals surface area contributed by atoms with Crippen molar-refractivity contribution in [3.8, 4) is 0 Å². The molecule has 17 heavy (non-hydrogen) atoms. The molecule has 1 aromatic carbocycles. The van der Waals surface area contributed by atoms with Crippen molar-refractivity contribution in [3.63, 3.8) is 0 Å². The number of anilines is 1. The van der Waals surface area contributed by atoms with Gasteiger partial charge in [-0.1, -0.05) is 22.0 Å². The average molecular weight is 291 g/mol. The second-order valence-corrected chi connectivity index (χ2v) is 4.51. The molecule has 0 fully saturated rings. The fourth-order valence-electron chi connectivity index (χ4n) is 1.52. The standard InChI is InChI=1S/C13H11BrN2O/c14-12-5-4-9(15)7-11(12)13(17)8-10-3-1-2-6-16-10/h1-7H,8,15H2. The van der Waals surface area contributed by atoms with Crippen molar-refractivity contribution >= 4 is 27.4 Å². The lowest BCUT2D eigenvalue weighted by Crippen LogP contribution is -2.06. The molecule has 3 nitrogen and oxygen atoms in total. The van der Waals surface area contributed by atoms with Gasteiger partial charge in [-0.15, -0.1) is 0 Å². The number of nitrogens with zero attached hydrogens (tertiary/aromatic N) is 1. The molecule has 0 aliphatic carbocycles. The average Bonchev–Trinajstić information content (AvgIpc) is 2.33. The molecule has 2 N–H and O–H groups in total. The number of ketones is 1. The zero-order valence-corrected chi connectivity index (χ0v) is 10.6. The van der Waals surface area contributed by atoms with Crippen LogP contribution in [0.25, 0.3) is 0 Å². The molecule has 0 amide bonds. The Kier molecular flexibility index (Phi) is 3.54. The molecule has 2 aromatic rings. The fourth-order valence-corrected chi connectivity index (χ4v) is 1.99. The van der Waals surface area contributed by atoms with Crippen LogP contribution in [-0.4, -0.2) is 10.8 Å². The van der Waals surface area contributed by atoms with Crippen LogP contribution in [0.15, 0.2) is 47.1 Å². The quantitative estimate of drug-likeness (QED) is 0.699. The Hall–Kier alpha value is -1.68. The second-order valence-electron chi connectivity index (χ2n) is 3.66. The lowest BCUT2D eigenvalue weighted by atomic mass is 10.1. The predicted molar refractivity (Wildman–Crippen MR) is 70.8 cm³/mol. The number of Topliss-reactive ketones (excluding diaryl/α,β-unsaturated/α-hetero) is 1. The number of hydrogen-bond acceptors (Lipinski definition) is 3. The zero-order chi connectivity index (χ0) is 12.3. The third-order valence-corrected chi connectivity index (χ3v) is 3.05. The van der Waals surface area contributed by atoms with Gasteiger partial charge in [0.15, 0.2) is 5.78 Å². The van der Waals surface area contributed by atoms with E-state index >= 15 is 0 Å². The van der Waals surface area contributed by atoms with Crippen molar-refractivity contribution in [1.82, 2.24) is 4.98 Å². The number of pyridine rings is 1. The number of rotatable bonds is 3. The van der Waals surface area contributed by atoms with E-state index in [2.05, 4.69) is 20.9 Å². The Balaban J connectivity index is 2.23. The molecule has 0 unspecified atom stereocenters. The van der Waals surface area contributed by atoms with Gasteiger partial charge in [0.1, 0.15) is 0 Å². The highest BCUT2D eigenvalue weighted by atomic mass is 79.9. The van der Waals surface area contributed by atoms with E-state index in [0.717, 1.165) is 10.2 Å². The molecule has 1 aromatic heterocycles. The number of carbonyl (C=O) groups is 1. The van der Waals surface area contributed by atoms with Gasteiger partial charge in [-0.25, -0.2) is 0 Å². The van der Waals surface area contributed by atoms with Crippen LogP contribution in [0.1, 0.15) is 16.1 Å². The van der Waals surface area contributed by atoms with E-state index in [1.807, 2.05) is 18.2 Å². The third kappa shape index (κ3) is 2.91. The Labute approximate surface area is 108 Å². The van der Waals surface area contributed by atoms with Crippen molar-refractivity contribution in [2.75, 3.05) is 5.73 Å². The molecule has 0 saturated carbocycles. The van der Waals surface area contributed by atoms with Crippen molar-refractivity contribution in [2.24, 2.45) is 0 Å². The number of hydrogen-bond donors (Lipinski definition) is 1. The van der Waals surface area contributed by atoms with E-state index in [9.17, 15) is 4.79 Å². The molecule has 0 aliphatic rings. The second kappa shape index (κ2) is 5.10. The summed E-state index contributed by atoms with van der Waals surface area (Å²) >= 11 is 3.35. The Morgan fingerprint density at radius 2 is 2.12 bits per heavy atom. The summed E-state index contributed by atoms with van der Waals surface area (Å²) in [6.07, 6.45) is 1.96. The summed E-state index contributed by atoms with van der Waals surface area (Å²) < 4.78 is 0.757. The van der Waals surface area contributed by atoms with E-state index in [1.54, 1.807) is 24.4 Å². The number of halogens is 1. The topological polar surface area (TPSA) is 56.0 Å². The maximum atomic E-state index is 12.1. The number of benzene rings is 1. The third-order valence-electron chi connectivity index (χ3n) is 2.36. The first-order valence-electron chi connectivity index (χ1n) is 5.15. The summed E-state index contributed by atoms with van der Waals surface area (Å²) in [6.45, 7) is 0. The maximum absolute atomic E-state index is 12.1. The first-order chi connectivity index (χ1) is 8.16. The number of aromatic nitrogens is 1. The first kappa shape index (κ1) is 11.8. The van der Waals surface area contributed by atoms with E-state index in [4.69, 9.17) is 5.73 Å². The van der Waals surface area contributed by atoms with E-state index in [-0.39, 0.29) is 12.2 Å². The highest BCUT2D eigenvalue weighted by molar-refractivity contribution is 9.10. The number of nitrogens with two attached hydrogens (primary N) is 1. The van der Waals surface area contributed by atoms with Crippen molar-refractivity contribution in [2.45, 2.75) is 6.42 Å². The minimum Gasteiger partial charge on any atom is -0.399 e. The molecule has 0 spiro atoms. The smallest absolute Gasteiger partial charge is 0.170 e. The van der Waals surface area contributed by atoms with Crippen LogP contribution in [0, 0.1) is 0 Å². The summed E-state index contributed by atoms with van der Waals surface area (Å²) in [5.41, 5.74) is 7.60. The summed E-state index contributed by atoms with van der Waals surface area (Å²) in [5, 5.41) is 0. The zero-order valence-electron chi connectivity index (χ0n) is 9.06. The summed E-state index contributed by atoms with van der Waals surface area (Å²) in [5.74, 6) is 0.00266. The summed E-state index contributed by atoms with van der Waals surface area (Å²) in [6, 6.07) is 10.7. The normalized spacial score (nSPS) is 10.2. The van der Waals surface area contributed by atoms with Crippen LogP contribution in [0.4, 0.5) is 5.69 Å². The van der Waals surface area contributed by atoms with Gasteiger partial charge in [0.25, 0.3) is 0 Å². The van der Waals surface area contributed by atoms with Crippen molar-refractivity contribution < 1.29 is 4.79 Å². The lowest BCUT2D eigenvalue weighted by molar-refractivity contribution is 0.0991. The maximum Gasteiger partial charge on any atom is 0.170 e. The largest absolute Gasteiger partial charge is 0.399 e. The Morgan fingerprint density at radius 3 is 2.82 bits per heavy atom. The van der Waals surface area contributed by atoms with Crippen LogP contribution in [-0.2, 0) is 6.42 Å². The van der Waals surface area contributed by atoms with Crippen LogP contribution in [0.5, 0.6) is 0 Å². The monoisotopic (exact) mass is 290 g/mol. The van der Waals surface area contributed by atoms with Gasteiger partial charge in [-0.3, -0.25) is 9.78 Å². The van der Waals surface area contributed by atoms with Gasteiger partial charge >= 0.3 is 0 Å². The molecule has 0 atom stereocenters. The molecule has 0 aliphatic heterocycles. The highest BCUT2D eigenvalue weighted by Gasteiger charge is 2.11. The number of carbonyl (C=O) groups excluding carboxylic acids is 1. The lowest BCUT2D eigenvalue weighted by Gasteiger charge is -2.04. The van der Waals surface area contributed by atoms with E-state index in [0.29, 0.717) is 11.3 Å². The van der Waals surface area contributed by atoms with Gasteiger partial charge in [-0.2, -0.15) is 0 Å². The summed E-state index contributed by atoms with van der Waals surface area (Å²) in [4.78, 5) is 16.2. The molecular weight excluding hydrogens is 280 g/mol. The van der Waals surface area contributed by atoms with Crippen LogP contribution in [0.3, 0.4) is 0 Å². The molecule has 0 saturated heterocycles. The van der Waals surface area contributed by atoms with Crippen molar-refractivity contribution in [1.29, 1.82) is 0 Å². The van der Waals surface area contributed by atoms with Crippen LogP contribution in [0.2, 0.25) is 0 Å². The molecular formula is C13H11BrN2O. The van der Waals surface area contributed by atoms with Crippen LogP contribution < -0.4 is 5.73 Å². The fraction of sp³-hybridized carbons (Fsp3) is 0.0769. The van der Waals surface area contributed by atoms with Gasteiger partial charge in [-0.05, 0) is 30.3 Å². The van der Waals surface area contributed by atoms with Gasteiger partial charge < -0.3 is 5.73 Å². The number of nitrogen functional groups attached to an aromatic ring is 1. The molecule has 0 bridgehead atoms. The Bertz CT molecular complexity index is 540. The summed E-state index contributed by atoms with van der Waals surface area (Å²) in [7, 11) is 0. The molecule has 1 heterocycles. The molecule has 0 radical (unpaired) electrons. The molecule has 2 rings (SSSR count). The molecule has 86 valence electrons. The SMILES string of the molecule is Nc1ccc(Br)c(C(=O)Cc2ccccn2)c1. The predicted octanol–water partition coefficient (Wildman–Crippen LogP) is 2.85.